The molecule has 4 rings (SSSR count). The quantitative estimate of drug-likeness (QED) is 0.634. The van der Waals surface area contributed by atoms with Gasteiger partial charge in [0.05, 0.1) is 18.7 Å². The number of hydrogen-bond acceptors (Lipinski definition) is 6. The molecule has 1 amide bonds. The van der Waals surface area contributed by atoms with Crippen LogP contribution in [0.4, 0.5) is 17.2 Å². The van der Waals surface area contributed by atoms with Crippen LogP contribution in [0.15, 0.2) is 60.7 Å². The maximum Gasteiger partial charge on any atom is 0.229 e. The van der Waals surface area contributed by atoms with E-state index in [1.54, 1.807) is 7.11 Å². The normalized spacial score (nSPS) is 15.8. The van der Waals surface area contributed by atoms with Crippen LogP contribution in [0.25, 0.3) is 11.3 Å². The van der Waals surface area contributed by atoms with Gasteiger partial charge in [0.15, 0.2) is 5.82 Å². The van der Waals surface area contributed by atoms with Crippen molar-refractivity contribution >= 4 is 23.1 Å². The summed E-state index contributed by atoms with van der Waals surface area (Å²) < 4.78 is 5.43. The molecular weight excluding hydrogens is 402 g/mol. The average Bonchev–Trinajstić information content (AvgIpc) is 2.84. The van der Waals surface area contributed by atoms with E-state index in [9.17, 15) is 4.79 Å². The Kier molecular flexibility index (Phi) is 6.54. The molecule has 1 aromatic heterocycles. The van der Waals surface area contributed by atoms with Gasteiger partial charge in [-0.05, 0) is 61.4 Å². The Morgan fingerprint density at radius 1 is 1.06 bits per heavy atom. The Bertz CT molecular complexity index is 1050. The van der Waals surface area contributed by atoms with E-state index in [2.05, 4.69) is 20.4 Å². The van der Waals surface area contributed by atoms with Crippen molar-refractivity contribution in [3.63, 3.8) is 0 Å². The molecule has 1 aliphatic heterocycles. The first-order chi connectivity index (χ1) is 15.5. The van der Waals surface area contributed by atoms with E-state index in [0.29, 0.717) is 6.54 Å². The highest BCUT2D eigenvalue weighted by Gasteiger charge is 2.27. The van der Waals surface area contributed by atoms with E-state index in [1.165, 1.54) is 0 Å². The molecule has 1 saturated heterocycles. The number of ether oxygens (including phenoxy) is 1. The Morgan fingerprint density at radius 2 is 1.84 bits per heavy atom. The Balaban J connectivity index is 1.41. The van der Waals surface area contributed by atoms with Crippen LogP contribution in [0.5, 0.6) is 5.75 Å². The zero-order valence-electron chi connectivity index (χ0n) is 18.8. The topological polar surface area (TPSA) is 70.6 Å². The molecule has 7 nitrogen and oxygen atoms in total. The van der Waals surface area contributed by atoms with Crippen LogP contribution in [0.2, 0.25) is 0 Å². The monoisotopic (exact) mass is 431 g/mol. The standard InChI is InChI=1S/C25H29N5O2/c1-29(2)20-12-10-19(11-13-20)26-25(31)18-7-6-16-30(17-18)24-15-14-22(27-28-24)21-8-4-5-9-23(21)32-3/h4-5,8-15,18H,6-7,16-17H2,1-3H3,(H,26,31). The van der Waals surface area contributed by atoms with Crippen LogP contribution >= 0.6 is 0 Å². The maximum atomic E-state index is 12.9. The molecule has 0 bridgehead atoms. The number of nitrogens with zero attached hydrogens (tertiary/aromatic N) is 4. The number of carbonyl (C=O) groups excluding carboxylic acids is 1. The molecule has 166 valence electrons. The van der Waals surface area contributed by atoms with Crippen LogP contribution in [0, 0.1) is 5.92 Å². The number of hydrogen-bond donors (Lipinski definition) is 1. The number of aromatic nitrogens is 2. The number of carbonyl (C=O) groups is 1. The van der Waals surface area contributed by atoms with Gasteiger partial charge in [0.25, 0.3) is 0 Å². The van der Waals surface area contributed by atoms with Crippen molar-refractivity contribution in [2.45, 2.75) is 12.8 Å². The van der Waals surface area contributed by atoms with Crippen LogP contribution in [0.1, 0.15) is 12.8 Å². The van der Waals surface area contributed by atoms with Gasteiger partial charge in [-0.2, -0.15) is 0 Å². The maximum absolute atomic E-state index is 12.9. The highest BCUT2D eigenvalue weighted by Crippen LogP contribution is 2.29. The zero-order chi connectivity index (χ0) is 22.5. The molecule has 1 atom stereocenters. The number of para-hydroxylation sites is 1. The van der Waals surface area contributed by atoms with Crippen molar-refractivity contribution in [3.05, 3.63) is 60.7 Å². The second-order valence-electron chi connectivity index (χ2n) is 8.19. The number of piperidine rings is 1. The minimum absolute atomic E-state index is 0.0471. The van der Waals surface area contributed by atoms with E-state index in [4.69, 9.17) is 4.74 Å². The molecule has 0 spiro atoms. The zero-order valence-corrected chi connectivity index (χ0v) is 18.8. The average molecular weight is 432 g/mol. The number of nitrogens with one attached hydrogen (secondary N) is 1. The lowest BCUT2D eigenvalue weighted by Gasteiger charge is -2.32. The fourth-order valence-corrected chi connectivity index (χ4v) is 3.98. The largest absolute Gasteiger partial charge is 0.496 e. The van der Waals surface area contributed by atoms with Crippen LogP contribution in [0.3, 0.4) is 0 Å². The summed E-state index contributed by atoms with van der Waals surface area (Å²) in [4.78, 5) is 17.0. The van der Waals surface area contributed by atoms with Crippen LogP contribution in [-0.4, -0.2) is 50.4 Å². The summed E-state index contributed by atoms with van der Waals surface area (Å²) in [5, 5.41) is 11.9. The van der Waals surface area contributed by atoms with Gasteiger partial charge in [-0.3, -0.25) is 4.79 Å². The molecule has 1 fully saturated rings. The molecule has 1 unspecified atom stereocenters. The fourth-order valence-electron chi connectivity index (χ4n) is 3.98. The smallest absolute Gasteiger partial charge is 0.229 e. The molecule has 1 aliphatic rings. The van der Waals surface area contributed by atoms with Crippen molar-refractivity contribution in [3.8, 4) is 17.0 Å². The molecule has 3 aromatic rings. The minimum Gasteiger partial charge on any atom is -0.496 e. The van der Waals surface area contributed by atoms with Gasteiger partial charge in [-0.1, -0.05) is 12.1 Å². The van der Waals surface area contributed by atoms with Crippen molar-refractivity contribution in [2.24, 2.45) is 5.92 Å². The van der Waals surface area contributed by atoms with E-state index < -0.39 is 0 Å². The van der Waals surface area contributed by atoms with E-state index in [1.807, 2.05) is 79.7 Å². The summed E-state index contributed by atoms with van der Waals surface area (Å²) in [6, 6.07) is 19.6. The summed E-state index contributed by atoms with van der Waals surface area (Å²) in [6.45, 7) is 1.49. The SMILES string of the molecule is COc1ccccc1-c1ccc(N2CCCC(C(=O)Nc3ccc(N(C)C)cc3)C2)nn1. The summed E-state index contributed by atoms with van der Waals surface area (Å²) in [5.41, 5.74) is 3.59. The highest BCUT2D eigenvalue weighted by molar-refractivity contribution is 5.93. The first kappa shape index (κ1) is 21.6. The van der Waals surface area contributed by atoms with Crippen molar-refractivity contribution < 1.29 is 9.53 Å². The minimum atomic E-state index is -0.0898. The lowest BCUT2D eigenvalue weighted by molar-refractivity contribution is -0.120. The van der Waals surface area contributed by atoms with Crippen LogP contribution < -0.4 is 19.9 Å². The van der Waals surface area contributed by atoms with E-state index in [0.717, 1.165) is 53.6 Å². The Labute approximate surface area is 189 Å². The van der Waals surface area contributed by atoms with E-state index in [-0.39, 0.29) is 11.8 Å². The number of benzene rings is 2. The van der Waals surface area contributed by atoms with Crippen molar-refractivity contribution in [2.75, 3.05) is 49.4 Å². The number of methoxy groups -OCH3 is 1. The first-order valence-electron chi connectivity index (χ1n) is 10.9. The molecule has 7 heteroatoms. The third-order valence-electron chi connectivity index (χ3n) is 5.80. The van der Waals surface area contributed by atoms with E-state index >= 15 is 0 Å². The predicted octanol–water partition coefficient (Wildman–Crippen LogP) is 4.07. The molecule has 32 heavy (non-hydrogen) atoms. The third-order valence-corrected chi connectivity index (χ3v) is 5.80. The number of rotatable bonds is 6. The molecule has 1 N–H and O–H groups in total. The number of anilines is 3. The van der Waals surface area contributed by atoms with Crippen molar-refractivity contribution in [1.82, 2.24) is 10.2 Å². The molecule has 0 saturated carbocycles. The van der Waals surface area contributed by atoms with Gasteiger partial charge < -0.3 is 19.9 Å². The molecule has 0 radical (unpaired) electrons. The Hall–Kier alpha value is -3.61. The predicted molar refractivity (Wildman–Crippen MR) is 128 cm³/mol. The van der Waals surface area contributed by atoms with Gasteiger partial charge in [0, 0.05) is 44.1 Å². The van der Waals surface area contributed by atoms with Gasteiger partial charge in [0.2, 0.25) is 5.91 Å². The summed E-state index contributed by atoms with van der Waals surface area (Å²) >= 11 is 0. The van der Waals surface area contributed by atoms with Crippen LogP contribution in [-0.2, 0) is 4.79 Å². The highest BCUT2D eigenvalue weighted by atomic mass is 16.5. The Morgan fingerprint density at radius 3 is 2.53 bits per heavy atom. The second-order valence-corrected chi connectivity index (χ2v) is 8.19. The second kappa shape index (κ2) is 9.68. The summed E-state index contributed by atoms with van der Waals surface area (Å²) in [7, 11) is 5.64. The third kappa shape index (κ3) is 4.82. The molecule has 2 heterocycles. The lowest BCUT2D eigenvalue weighted by Crippen LogP contribution is -2.41. The summed E-state index contributed by atoms with van der Waals surface area (Å²) in [6.07, 6.45) is 1.80. The summed E-state index contributed by atoms with van der Waals surface area (Å²) in [5.74, 6) is 1.51. The fraction of sp³-hybridized carbons (Fsp3) is 0.320. The number of amides is 1. The van der Waals surface area contributed by atoms with Gasteiger partial charge in [-0.25, -0.2) is 0 Å². The first-order valence-corrected chi connectivity index (χ1v) is 10.9. The molecule has 2 aromatic carbocycles. The van der Waals surface area contributed by atoms with Gasteiger partial charge >= 0.3 is 0 Å². The molecular formula is C25H29N5O2. The van der Waals surface area contributed by atoms with Gasteiger partial charge in [-0.15, -0.1) is 10.2 Å². The molecule has 0 aliphatic carbocycles. The van der Waals surface area contributed by atoms with Gasteiger partial charge in [0.1, 0.15) is 5.75 Å². The lowest BCUT2D eigenvalue weighted by atomic mass is 9.97. The van der Waals surface area contributed by atoms with Crippen molar-refractivity contribution in [1.29, 1.82) is 0 Å².